The number of methoxy groups -OCH3 is 1. The van der Waals surface area contributed by atoms with Crippen LogP contribution in [0.5, 0.6) is 5.75 Å². The third kappa shape index (κ3) is 2.73. The van der Waals surface area contributed by atoms with E-state index < -0.39 is 0 Å². The molecule has 0 bridgehead atoms. The predicted molar refractivity (Wildman–Crippen MR) is 61.2 cm³/mol. The van der Waals surface area contributed by atoms with E-state index in [1.165, 1.54) is 7.11 Å². The number of amides is 1. The van der Waals surface area contributed by atoms with Gasteiger partial charge in [-0.1, -0.05) is 18.2 Å². The van der Waals surface area contributed by atoms with E-state index in [-0.39, 0.29) is 24.3 Å². The van der Waals surface area contributed by atoms with Crippen LogP contribution in [0.4, 0.5) is 0 Å². The number of hydrogen-bond donors (Lipinski definition) is 1. The number of carbonyl (C=O) groups is 1. The maximum Gasteiger partial charge on any atom is 0.248 e. The second kappa shape index (κ2) is 5.51. The van der Waals surface area contributed by atoms with Crippen molar-refractivity contribution in [3.8, 4) is 5.75 Å². The summed E-state index contributed by atoms with van der Waals surface area (Å²) >= 11 is 0. The molecule has 1 rings (SSSR count). The molecule has 88 valence electrons. The molecule has 16 heavy (non-hydrogen) atoms. The van der Waals surface area contributed by atoms with E-state index in [4.69, 9.17) is 4.74 Å². The fourth-order valence-corrected chi connectivity index (χ4v) is 1.49. The van der Waals surface area contributed by atoms with Gasteiger partial charge >= 0.3 is 0 Å². The molecule has 0 saturated heterocycles. The number of aromatic hydroxyl groups is 1. The number of ether oxygens (including phenoxy) is 1. The predicted octanol–water partition coefficient (Wildman–Crippen LogP) is 1.56. The number of nitrogens with zero attached hydrogens (tertiary/aromatic N) is 1. The van der Waals surface area contributed by atoms with E-state index in [0.29, 0.717) is 0 Å². The third-order valence-corrected chi connectivity index (χ3v) is 2.63. The Labute approximate surface area is 95.5 Å². The Bertz CT molecular complexity index is 365. The molecule has 0 heterocycles. The van der Waals surface area contributed by atoms with Gasteiger partial charge in [0.1, 0.15) is 12.4 Å². The second-order valence-electron chi connectivity index (χ2n) is 3.67. The molecule has 1 atom stereocenters. The van der Waals surface area contributed by atoms with Crippen LogP contribution in [-0.2, 0) is 9.53 Å². The maximum atomic E-state index is 11.6. The summed E-state index contributed by atoms with van der Waals surface area (Å²) in [6.45, 7) is 1.91. The summed E-state index contributed by atoms with van der Waals surface area (Å²) in [5.41, 5.74) is 0.731. The van der Waals surface area contributed by atoms with E-state index in [0.717, 1.165) is 5.56 Å². The minimum atomic E-state index is -0.177. The summed E-state index contributed by atoms with van der Waals surface area (Å²) < 4.78 is 4.79. The molecule has 0 saturated carbocycles. The number of carbonyl (C=O) groups excluding carboxylic acids is 1. The summed E-state index contributed by atoms with van der Waals surface area (Å²) in [6, 6.07) is 6.82. The SMILES string of the molecule is COCC(=O)N(C)C(C)c1ccccc1O. The summed E-state index contributed by atoms with van der Waals surface area (Å²) in [4.78, 5) is 13.1. The molecule has 4 heteroatoms. The molecule has 4 nitrogen and oxygen atoms in total. The third-order valence-electron chi connectivity index (χ3n) is 2.63. The van der Waals surface area contributed by atoms with Gasteiger partial charge in [0.25, 0.3) is 0 Å². The van der Waals surface area contributed by atoms with Crippen molar-refractivity contribution < 1.29 is 14.6 Å². The minimum Gasteiger partial charge on any atom is -0.508 e. The van der Waals surface area contributed by atoms with Gasteiger partial charge in [-0.05, 0) is 13.0 Å². The van der Waals surface area contributed by atoms with Crippen molar-refractivity contribution in [1.29, 1.82) is 0 Å². The molecule has 1 N–H and O–H groups in total. The monoisotopic (exact) mass is 223 g/mol. The standard InChI is InChI=1S/C12H17NO3/c1-9(13(2)12(15)8-16-3)10-6-4-5-7-11(10)14/h4-7,9,14H,8H2,1-3H3. The van der Waals surface area contributed by atoms with E-state index in [9.17, 15) is 9.90 Å². The van der Waals surface area contributed by atoms with Crippen LogP contribution in [0.15, 0.2) is 24.3 Å². The summed E-state index contributed by atoms with van der Waals surface area (Å²) in [5.74, 6) is 0.0883. The van der Waals surface area contributed by atoms with Crippen molar-refractivity contribution >= 4 is 5.91 Å². The molecule has 0 fully saturated rings. The Morgan fingerprint density at radius 3 is 2.69 bits per heavy atom. The summed E-state index contributed by atoms with van der Waals surface area (Å²) in [7, 11) is 3.18. The summed E-state index contributed by atoms with van der Waals surface area (Å²) in [5, 5.41) is 9.67. The lowest BCUT2D eigenvalue weighted by Crippen LogP contribution is -2.32. The van der Waals surface area contributed by atoms with Crippen LogP contribution >= 0.6 is 0 Å². The first-order valence-corrected chi connectivity index (χ1v) is 5.10. The number of benzene rings is 1. The van der Waals surface area contributed by atoms with Gasteiger partial charge in [-0.15, -0.1) is 0 Å². The zero-order valence-electron chi connectivity index (χ0n) is 9.80. The molecule has 0 spiro atoms. The number of hydrogen-bond acceptors (Lipinski definition) is 3. The molecule has 0 aromatic heterocycles. The molecule has 1 aromatic carbocycles. The highest BCUT2D eigenvalue weighted by Gasteiger charge is 2.19. The van der Waals surface area contributed by atoms with Crippen LogP contribution in [0.2, 0.25) is 0 Å². The van der Waals surface area contributed by atoms with E-state index in [2.05, 4.69) is 0 Å². The van der Waals surface area contributed by atoms with E-state index in [1.54, 1.807) is 30.1 Å². The minimum absolute atomic E-state index is 0.0500. The van der Waals surface area contributed by atoms with Gasteiger partial charge in [-0.3, -0.25) is 4.79 Å². The quantitative estimate of drug-likeness (QED) is 0.842. The van der Waals surface area contributed by atoms with Crippen LogP contribution in [0, 0.1) is 0 Å². The number of phenolic OH excluding ortho intramolecular Hbond substituents is 1. The van der Waals surface area contributed by atoms with Crippen LogP contribution in [0.1, 0.15) is 18.5 Å². The average molecular weight is 223 g/mol. The Hall–Kier alpha value is -1.55. The lowest BCUT2D eigenvalue weighted by Gasteiger charge is -2.25. The van der Waals surface area contributed by atoms with Crippen molar-refractivity contribution in [2.45, 2.75) is 13.0 Å². The fraction of sp³-hybridized carbons (Fsp3) is 0.417. The smallest absolute Gasteiger partial charge is 0.248 e. The molecule has 0 aliphatic heterocycles. The molecule has 1 amide bonds. The maximum absolute atomic E-state index is 11.6. The van der Waals surface area contributed by atoms with Gasteiger partial charge in [0.2, 0.25) is 5.91 Å². The number of phenols is 1. The van der Waals surface area contributed by atoms with Crippen molar-refractivity contribution in [3.63, 3.8) is 0 Å². The molecule has 0 radical (unpaired) electrons. The molecular formula is C12H17NO3. The van der Waals surface area contributed by atoms with Crippen LogP contribution in [0.3, 0.4) is 0 Å². The Kier molecular flexibility index (Phi) is 4.31. The van der Waals surface area contributed by atoms with Crippen molar-refractivity contribution in [3.05, 3.63) is 29.8 Å². The molecule has 1 unspecified atom stereocenters. The lowest BCUT2D eigenvalue weighted by atomic mass is 10.1. The highest BCUT2D eigenvalue weighted by molar-refractivity contribution is 5.77. The van der Waals surface area contributed by atoms with Gasteiger partial charge in [0.05, 0.1) is 6.04 Å². The number of likely N-dealkylation sites (N-methyl/N-ethyl adjacent to an activating group) is 1. The number of para-hydroxylation sites is 1. The second-order valence-corrected chi connectivity index (χ2v) is 3.67. The van der Waals surface area contributed by atoms with Crippen molar-refractivity contribution in [1.82, 2.24) is 4.90 Å². The summed E-state index contributed by atoms with van der Waals surface area (Å²) in [6.07, 6.45) is 0. The van der Waals surface area contributed by atoms with Crippen LogP contribution in [-0.4, -0.2) is 36.7 Å². The Morgan fingerprint density at radius 1 is 1.50 bits per heavy atom. The fourth-order valence-electron chi connectivity index (χ4n) is 1.49. The van der Waals surface area contributed by atoms with Gasteiger partial charge in [-0.2, -0.15) is 0 Å². The van der Waals surface area contributed by atoms with Crippen molar-refractivity contribution in [2.24, 2.45) is 0 Å². The largest absolute Gasteiger partial charge is 0.508 e. The van der Waals surface area contributed by atoms with Crippen LogP contribution in [0.25, 0.3) is 0 Å². The zero-order valence-corrected chi connectivity index (χ0v) is 9.80. The average Bonchev–Trinajstić information content (AvgIpc) is 2.28. The number of rotatable bonds is 4. The molecule has 1 aromatic rings. The lowest BCUT2D eigenvalue weighted by molar-refractivity contribution is -0.135. The first-order chi connectivity index (χ1) is 7.57. The van der Waals surface area contributed by atoms with Gasteiger partial charge < -0.3 is 14.7 Å². The Balaban J connectivity index is 2.82. The zero-order chi connectivity index (χ0) is 12.1. The van der Waals surface area contributed by atoms with E-state index >= 15 is 0 Å². The van der Waals surface area contributed by atoms with E-state index in [1.807, 2.05) is 13.0 Å². The Morgan fingerprint density at radius 2 is 2.12 bits per heavy atom. The molecule has 0 aliphatic rings. The first kappa shape index (κ1) is 12.5. The highest BCUT2D eigenvalue weighted by atomic mass is 16.5. The molecular weight excluding hydrogens is 206 g/mol. The van der Waals surface area contributed by atoms with Gasteiger partial charge in [0.15, 0.2) is 0 Å². The normalized spacial score (nSPS) is 12.2. The van der Waals surface area contributed by atoms with Crippen LogP contribution < -0.4 is 0 Å². The molecule has 0 aliphatic carbocycles. The highest BCUT2D eigenvalue weighted by Crippen LogP contribution is 2.26. The van der Waals surface area contributed by atoms with Crippen molar-refractivity contribution in [2.75, 3.05) is 20.8 Å². The topological polar surface area (TPSA) is 49.8 Å². The van der Waals surface area contributed by atoms with Gasteiger partial charge in [-0.25, -0.2) is 0 Å². The first-order valence-electron chi connectivity index (χ1n) is 5.10. The van der Waals surface area contributed by atoms with Gasteiger partial charge in [0, 0.05) is 19.7 Å².